The van der Waals surface area contributed by atoms with Gasteiger partial charge in [0.15, 0.2) is 6.61 Å². The number of hydrogen-bond acceptors (Lipinski definition) is 5. The predicted molar refractivity (Wildman–Crippen MR) is 117 cm³/mol. The number of rotatable bonds is 8. The number of benzene rings is 2. The van der Waals surface area contributed by atoms with E-state index in [0.29, 0.717) is 5.75 Å². The second kappa shape index (κ2) is 9.28. The van der Waals surface area contributed by atoms with Crippen LogP contribution >= 0.6 is 0 Å². The van der Waals surface area contributed by atoms with Crippen LogP contribution in [0.3, 0.4) is 0 Å². The Bertz CT molecular complexity index is 983. The SMILES string of the molecule is CCN(CC)c1cc(C)c2cc(NC(=O)COc3ccc(OC)cc3)ccc2n1. The zero-order valence-electron chi connectivity index (χ0n) is 17.4. The lowest BCUT2D eigenvalue weighted by Gasteiger charge is -2.21. The fourth-order valence-corrected chi connectivity index (χ4v) is 3.18. The molecule has 3 aromatic rings. The van der Waals surface area contributed by atoms with Crippen molar-refractivity contribution in [2.75, 3.05) is 37.0 Å². The molecule has 2 aromatic carbocycles. The summed E-state index contributed by atoms with van der Waals surface area (Å²) in [6, 6.07) is 15.0. The third-order valence-electron chi connectivity index (χ3n) is 4.80. The lowest BCUT2D eigenvalue weighted by molar-refractivity contribution is -0.118. The lowest BCUT2D eigenvalue weighted by atomic mass is 10.1. The summed E-state index contributed by atoms with van der Waals surface area (Å²) in [6.45, 7) is 8.07. The molecule has 0 unspecified atom stereocenters. The summed E-state index contributed by atoms with van der Waals surface area (Å²) in [4.78, 5) is 19.3. The second-order valence-electron chi connectivity index (χ2n) is 6.71. The third-order valence-corrected chi connectivity index (χ3v) is 4.80. The molecule has 0 bridgehead atoms. The maximum Gasteiger partial charge on any atom is 0.262 e. The Labute approximate surface area is 171 Å². The van der Waals surface area contributed by atoms with Crippen molar-refractivity contribution < 1.29 is 14.3 Å². The van der Waals surface area contributed by atoms with Gasteiger partial charge in [0.2, 0.25) is 0 Å². The monoisotopic (exact) mass is 393 g/mol. The van der Waals surface area contributed by atoms with Crippen molar-refractivity contribution in [3.05, 3.63) is 54.1 Å². The molecular weight excluding hydrogens is 366 g/mol. The van der Waals surface area contributed by atoms with Crippen molar-refractivity contribution in [3.63, 3.8) is 0 Å². The van der Waals surface area contributed by atoms with E-state index >= 15 is 0 Å². The van der Waals surface area contributed by atoms with Gasteiger partial charge in [0, 0.05) is 24.2 Å². The Hall–Kier alpha value is -3.28. The number of carbonyl (C=O) groups excluding carboxylic acids is 1. The van der Waals surface area contributed by atoms with E-state index in [2.05, 4.69) is 37.1 Å². The summed E-state index contributed by atoms with van der Waals surface area (Å²) in [7, 11) is 1.61. The third kappa shape index (κ3) is 4.96. The average Bonchev–Trinajstić information content (AvgIpc) is 2.74. The van der Waals surface area contributed by atoms with Crippen LogP contribution in [0.2, 0.25) is 0 Å². The van der Waals surface area contributed by atoms with Gasteiger partial charge in [-0.3, -0.25) is 4.79 Å². The standard InChI is InChI=1S/C23H27N3O3/c1-5-26(6-2)22-13-16(3)20-14-17(7-12-21(20)25-22)24-23(27)15-29-19-10-8-18(28-4)9-11-19/h7-14H,5-6,15H2,1-4H3,(H,24,27). The van der Waals surface area contributed by atoms with Gasteiger partial charge >= 0.3 is 0 Å². The zero-order chi connectivity index (χ0) is 20.8. The van der Waals surface area contributed by atoms with Gasteiger partial charge in [-0.15, -0.1) is 0 Å². The molecule has 0 saturated carbocycles. The normalized spacial score (nSPS) is 10.6. The number of hydrogen-bond donors (Lipinski definition) is 1. The molecule has 0 aliphatic carbocycles. The van der Waals surface area contributed by atoms with Crippen LogP contribution in [0, 0.1) is 6.92 Å². The fraction of sp³-hybridized carbons (Fsp3) is 0.304. The van der Waals surface area contributed by atoms with E-state index in [1.165, 1.54) is 0 Å². The lowest BCUT2D eigenvalue weighted by Crippen LogP contribution is -2.23. The first-order chi connectivity index (χ1) is 14.0. The Morgan fingerprint density at radius 1 is 1.03 bits per heavy atom. The van der Waals surface area contributed by atoms with Crippen LogP contribution in [-0.2, 0) is 4.79 Å². The molecule has 0 aliphatic heterocycles. The summed E-state index contributed by atoms with van der Waals surface area (Å²) in [6.07, 6.45) is 0. The molecule has 6 heteroatoms. The van der Waals surface area contributed by atoms with Gasteiger partial charge in [-0.2, -0.15) is 0 Å². The highest BCUT2D eigenvalue weighted by Crippen LogP contribution is 2.25. The number of anilines is 2. The van der Waals surface area contributed by atoms with Crippen molar-refractivity contribution in [2.45, 2.75) is 20.8 Å². The summed E-state index contributed by atoms with van der Waals surface area (Å²) < 4.78 is 10.6. The van der Waals surface area contributed by atoms with Crippen molar-refractivity contribution >= 4 is 28.3 Å². The minimum atomic E-state index is -0.217. The Kier molecular flexibility index (Phi) is 6.54. The number of nitrogens with one attached hydrogen (secondary N) is 1. The zero-order valence-corrected chi connectivity index (χ0v) is 17.4. The van der Waals surface area contributed by atoms with Gasteiger partial charge in [-0.25, -0.2) is 4.98 Å². The molecule has 3 rings (SSSR count). The number of aromatic nitrogens is 1. The Morgan fingerprint density at radius 2 is 1.72 bits per heavy atom. The number of pyridine rings is 1. The summed E-state index contributed by atoms with van der Waals surface area (Å²) in [5.74, 6) is 2.12. The molecule has 1 amide bonds. The molecule has 1 aromatic heterocycles. The van der Waals surface area contributed by atoms with E-state index in [9.17, 15) is 4.79 Å². The highest BCUT2D eigenvalue weighted by molar-refractivity contribution is 5.95. The van der Waals surface area contributed by atoms with Crippen LogP contribution in [0.4, 0.5) is 11.5 Å². The topological polar surface area (TPSA) is 63.7 Å². The number of amides is 1. The summed E-state index contributed by atoms with van der Waals surface area (Å²) >= 11 is 0. The van der Waals surface area contributed by atoms with E-state index in [-0.39, 0.29) is 12.5 Å². The first-order valence-electron chi connectivity index (χ1n) is 9.77. The minimum absolute atomic E-state index is 0.0670. The first kappa shape index (κ1) is 20.5. The van der Waals surface area contributed by atoms with Crippen molar-refractivity contribution in [1.82, 2.24) is 4.98 Å². The van der Waals surface area contributed by atoms with Gasteiger partial charge in [0.25, 0.3) is 5.91 Å². The average molecular weight is 393 g/mol. The highest BCUT2D eigenvalue weighted by atomic mass is 16.5. The van der Waals surface area contributed by atoms with Gasteiger partial charge < -0.3 is 19.7 Å². The molecule has 152 valence electrons. The van der Waals surface area contributed by atoms with Crippen LogP contribution in [0.25, 0.3) is 10.9 Å². The van der Waals surface area contributed by atoms with Crippen molar-refractivity contribution in [2.24, 2.45) is 0 Å². The molecule has 1 heterocycles. The fourth-order valence-electron chi connectivity index (χ4n) is 3.18. The molecule has 0 spiro atoms. The highest BCUT2D eigenvalue weighted by Gasteiger charge is 2.10. The molecule has 6 nitrogen and oxygen atoms in total. The van der Waals surface area contributed by atoms with Crippen LogP contribution in [-0.4, -0.2) is 37.7 Å². The van der Waals surface area contributed by atoms with E-state index < -0.39 is 0 Å². The smallest absolute Gasteiger partial charge is 0.262 e. The molecule has 0 aliphatic rings. The number of aryl methyl sites for hydroxylation is 1. The van der Waals surface area contributed by atoms with Gasteiger partial charge in [0.1, 0.15) is 17.3 Å². The summed E-state index contributed by atoms with van der Waals surface area (Å²) in [5, 5.41) is 3.91. The van der Waals surface area contributed by atoms with Crippen molar-refractivity contribution in [1.29, 1.82) is 0 Å². The van der Waals surface area contributed by atoms with Crippen LogP contribution < -0.4 is 19.7 Å². The van der Waals surface area contributed by atoms with Gasteiger partial charge in [-0.1, -0.05) is 0 Å². The van der Waals surface area contributed by atoms with Crippen LogP contribution in [0.15, 0.2) is 48.5 Å². The first-order valence-corrected chi connectivity index (χ1v) is 9.77. The quantitative estimate of drug-likeness (QED) is 0.614. The molecule has 1 N–H and O–H groups in total. The number of ether oxygens (including phenoxy) is 2. The second-order valence-corrected chi connectivity index (χ2v) is 6.71. The van der Waals surface area contributed by atoms with Crippen LogP contribution in [0.5, 0.6) is 11.5 Å². The molecule has 29 heavy (non-hydrogen) atoms. The van der Waals surface area contributed by atoms with E-state index in [1.807, 2.05) is 18.2 Å². The van der Waals surface area contributed by atoms with Gasteiger partial charge in [-0.05, 0) is 74.9 Å². The number of methoxy groups -OCH3 is 1. The summed E-state index contributed by atoms with van der Waals surface area (Å²) in [5.41, 5.74) is 2.77. The maximum atomic E-state index is 12.3. The van der Waals surface area contributed by atoms with Gasteiger partial charge in [0.05, 0.1) is 12.6 Å². The maximum absolute atomic E-state index is 12.3. The molecule has 0 fully saturated rings. The molecule has 0 saturated heterocycles. The van der Waals surface area contributed by atoms with E-state index in [1.54, 1.807) is 31.4 Å². The Morgan fingerprint density at radius 3 is 2.38 bits per heavy atom. The van der Waals surface area contributed by atoms with E-state index in [0.717, 1.165) is 46.8 Å². The number of fused-ring (bicyclic) bond motifs is 1. The largest absolute Gasteiger partial charge is 0.497 e. The molecule has 0 radical (unpaired) electrons. The minimum Gasteiger partial charge on any atom is -0.497 e. The van der Waals surface area contributed by atoms with Crippen molar-refractivity contribution in [3.8, 4) is 11.5 Å². The van der Waals surface area contributed by atoms with E-state index in [4.69, 9.17) is 14.5 Å². The van der Waals surface area contributed by atoms with Crippen LogP contribution in [0.1, 0.15) is 19.4 Å². The Balaban J connectivity index is 1.68. The predicted octanol–water partition coefficient (Wildman–Crippen LogP) is 4.42. The molecular formula is C23H27N3O3. The number of nitrogens with zero attached hydrogens (tertiary/aromatic N) is 2. The molecule has 0 atom stereocenters. The number of carbonyl (C=O) groups is 1.